The average molecular weight is 199 g/mol. The van der Waals surface area contributed by atoms with Gasteiger partial charge in [-0.3, -0.25) is 4.79 Å². The summed E-state index contributed by atoms with van der Waals surface area (Å²) in [7, 11) is 2.15. The molecule has 0 amide bonds. The zero-order valence-corrected chi connectivity index (χ0v) is 9.20. The van der Waals surface area contributed by atoms with Crippen LogP contribution in [0.1, 0.15) is 39.0 Å². The Labute approximate surface area is 86.1 Å². The fourth-order valence-electron chi connectivity index (χ4n) is 2.30. The Balaban J connectivity index is 2.31. The van der Waals surface area contributed by atoms with E-state index in [2.05, 4.69) is 18.9 Å². The lowest BCUT2D eigenvalue weighted by Crippen LogP contribution is -2.36. The van der Waals surface area contributed by atoms with Crippen LogP contribution in [0.25, 0.3) is 0 Å². The van der Waals surface area contributed by atoms with E-state index in [4.69, 9.17) is 5.11 Å². The molecule has 14 heavy (non-hydrogen) atoms. The number of hydrogen-bond acceptors (Lipinski definition) is 2. The van der Waals surface area contributed by atoms with Crippen molar-refractivity contribution in [2.75, 3.05) is 13.6 Å². The van der Waals surface area contributed by atoms with E-state index in [0.29, 0.717) is 6.04 Å². The molecule has 0 spiro atoms. The molecule has 3 nitrogen and oxygen atoms in total. The summed E-state index contributed by atoms with van der Waals surface area (Å²) in [6, 6.07) is 0.616. The number of hydrogen-bond donors (Lipinski definition) is 1. The highest BCUT2D eigenvalue weighted by molar-refractivity contribution is 5.70. The molecule has 1 rings (SSSR count). The highest BCUT2D eigenvalue weighted by Crippen LogP contribution is 2.27. The van der Waals surface area contributed by atoms with Crippen molar-refractivity contribution < 1.29 is 9.90 Å². The first-order chi connectivity index (χ1) is 6.65. The van der Waals surface area contributed by atoms with Crippen molar-refractivity contribution in [3.63, 3.8) is 0 Å². The molecule has 0 unspecified atom stereocenters. The van der Waals surface area contributed by atoms with Gasteiger partial charge in [0.1, 0.15) is 0 Å². The lowest BCUT2D eigenvalue weighted by molar-refractivity contribution is -0.143. The van der Waals surface area contributed by atoms with Crippen molar-refractivity contribution >= 4 is 5.97 Å². The molecule has 1 aliphatic rings. The van der Waals surface area contributed by atoms with Gasteiger partial charge in [0.25, 0.3) is 0 Å². The average Bonchev–Trinajstić information content (AvgIpc) is 2.18. The SMILES string of the molecule is CCCN(C)C1CCC(C(=O)O)CC1. The molecule has 3 heteroatoms. The fourth-order valence-corrected chi connectivity index (χ4v) is 2.30. The summed E-state index contributed by atoms with van der Waals surface area (Å²) in [5, 5.41) is 8.85. The van der Waals surface area contributed by atoms with Crippen LogP contribution in [0, 0.1) is 5.92 Å². The molecule has 0 heterocycles. The van der Waals surface area contributed by atoms with Gasteiger partial charge < -0.3 is 10.0 Å². The van der Waals surface area contributed by atoms with Crippen molar-refractivity contribution in [1.82, 2.24) is 4.90 Å². The topological polar surface area (TPSA) is 40.5 Å². The third kappa shape index (κ3) is 2.98. The summed E-state index contributed by atoms with van der Waals surface area (Å²) in [5.74, 6) is -0.692. The normalized spacial score (nSPS) is 27.9. The smallest absolute Gasteiger partial charge is 0.306 e. The fraction of sp³-hybridized carbons (Fsp3) is 0.909. The Morgan fingerprint density at radius 3 is 2.36 bits per heavy atom. The van der Waals surface area contributed by atoms with Gasteiger partial charge in [0, 0.05) is 6.04 Å². The Bertz CT molecular complexity index is 186. The molecule has 0 aliphatic heterocycles. The van der Waals surface area contributed by atoms with Crippen LogP contribution < -0.4 is 0 Å². The van der Waals surface area contributed by atoms with Gasteiger partial charge in [-0.15, -0.1) is 0 Å². The number of carbonyl (C=O) groups is 1. The molecule has 1 fully saturated rings. The summed E-state index contributed by atoms with van der Waals surface area (Å²) in [6.45, 7) is 3.31. The zero-order chi connectivity index (χ0) is 10.6. The van der Waals surface area contributed by atoms with Gasteiger partial charge in [-0.2, -0.15) is 0 Å². The zero-order valence-electron chi connectivity index (χ0n) is 9.20. The minimum absolute atomic E-state index is 0.0822. The van der Waals surface area contributed by atoms with Gasteiger partial charge in [-0.05, 0) is 45.7 Å². The second-order valence-electron chi connectivity index (χ2n) is 4.32. The van der Waals surface area contributed by atoms with E-state index >= 15 is 0 Å². The predicted octanol–water partition coefficient (Wildman–Crippen LogP) is 1.97. The highest BCUT2D eigenvalue weighted by Gasteiger charge is 2.27. The molecular formula is C11H21NO2. The van der Waals surface area contributed by atoms with Crippen LogP contribution in [-0.2, 0) is 4.79 Å². The van der Waals surface area contributed by atoms with Gasteiger partial charge in [-0.1, -0.05) is 6.92 Å². The van der Waals surface area contributed by atoms with Crippen LogP contribution in [-0.4, -0.2) is 35.6 Å². The third-order valence-electron chi connectivity index (χ3n) is 3.25. The van der Waals surface area contributed by atoms with Crippen LogP contribution in [0.2, 0.25) is 0 Å². The number of carboxylic acid groups (broad SMARTS) is 1. The van der Waals surface area contributed by atoms with Crippen LogP contribution in [0.5, 0.6) is 0 Å². The van der Waals surface area contributed by atoms with Crippen LogP contribution >= 0.6 is 0 Å². The van der Waals surface area contributed by atoms with Crippen LogP contribution in [0.3, 0.4) is 0 Å². The monoisotopic (exact) mass is 199 g/mol. The van der Waals surface area contributed by atoms with Crippen LogP contribution in [0.15, 0.2) is 0 Å². The first-order valence-electron chi connectivity index (χ1n) is 5.58. The van der Waals surface area contributed by atoms with Gasteiger partial charge in [0.15, 0.2) is 0 Å². The number of rotatable bonds is 4. The van der Waals surface area contributed by atoms with Gasteiger partial charge >= 0.3 is 5.97 Å². The molecule has 1 saturated carbocycles. The lowest BCUT2D eigenvalue weighted by atomic mass is 9.85. The van der Waals surface area contributed by atoms with Gasteiger partial charge in [0.05, 0.1) is 5.92 Å². The van der Waals surface area contributed by atoms with Crippen molar-refractivity contribution in [2.45, 2.75) is 45.1 Å². The third-order valence-corrected chi connectivity index (χ3v) is 3.25. The van der Waals surface area contributed by atoms with Gasteiger partial charge in [-0.25, -0.2) is 0 Å². The lowest BCUT2D eigenvalue weighted by Gasteiger charge is -2.33. The second-order valence-corrected chi connectivity index (χ2v) is 4.32. The second kappa shape index (κ2) is 5.35. The van der Waals surface area contributed by atoms with E-state index in [9.17, 15) is 4.79 Å². The van der Waals surface area contributed by atoms with Crippen molar-refractivity contribution in [2.24, 2.45) is 5.92 Å². The first kappa shape index (κ1) is 11.5. The van der Waals surface area contributed by atoms with Crippen molar-refractivity contribution in [3.8, 4) is 0 Å². The predicted molar refractivity (Wildman–Crippen MR) is 56.3 cm³/mol. The molecule has 0 aromatic rings. The van der Waals surface area contributed by atoms with E-state index < -0.39 is 5.97 Å². The Kier molecular flexibility index (Phi) is 4.39. The van der Waals surface area contributed by atoms with Gasteiger partial charge in [0.2, 0.25) is 0 Å². The Morgan fingerprint density at radius 1 is 1.36 bits per heavy atom. The van der Waals surface area contributed by atoms with E-state index in [1.54, 1.807) is 0 Å². The molecule has 1 aliphatic carbocycles. The number of nitrogens with zero attached hydrogens (tertiary/aromatic N) is 1. The largest absolute Gasteiger partial charge is 0.481 e. The molecule has 0 atom stereocenters. The van der Waals surface area contributed by atoms with Crippen LogP contribution in [0.4, 0.5) is 0 Å². The maximum atomic E-state index is 10.7. The standard InChI is InChI=1S/C11H21NO2/c1-3-8-12(2)10-6-4-9(5-7-10)11(13)14/h9-10H,3-8H2,1-2H3,(H,13,14). The minimum Gasteiger partial charge on any atom is -0.481 e. The molecule has 0 aromatic heterocycles. The van der Waals surface area contributed by atoms with E-state index in [-0.39, 0.29) is 5.92 Å². The summed E-state index contributed by atoms with van der Waals surface area (Å²) >= 11 is 0. The first-order valence-corrected chi connectivity index (χ1v) is 5.58. The summed E-state index contributed by atoms with van der Waals surface area (Å²) in [6.07, 6.45) is 4.98. The Morgan fingerprint density at radius 2 is 1.93 bits per heavy atom. The van der Waals surface area contributed by atoms with Crippen molar-refractivity contribution in [1.29, 1.82) is 0 Å². The quantitative estimate of drug-likeness (QED) is 0.752. The minimum atomic E-state index is -0.610. The highest BCUT2D eigenvalue weighted by atomic mass is 16.4. The van der Waals surface area contributed by atoms with E-state index in [1.165, 1.54) is 6.42 Å². The van der Waals surface area contributed by atoms with Crippen molar-refractivity contribution in [3.05, 3.63) is 0 Å². The molecular weight excluding hydrogens is 178 g/mol. The number of aliphatic carboxylic acids is 1. The Hall–Kier alpha value is -0.570. The maximum absolute atomic E-state index is 10.7. The van der Waals surface area contributed by atoms with E-state index in [0.717, 1.165) is 32.2 Å². The van der Waals surface area contributed by atoms with E-state index in [1.807, 2.05) is 0 Å². The summed E-state index contributed by atoms with van der Waals surface area (Å²) < 4.78 is 0. The molecule has 0 aromatic carbocycles. The summed E-state index contributed by atoms with van der Waals surface area (Å²) in [4.78, 5) is 13.1. The summed E-state index contributed by atoms with van der Waals surface area (Å²) in [5.41, 5.74) is 0. The molecule has 0 bridgehead atoms. The number of carboxylic acids is 1. The molecule has 82 valence electrons. The molecule has 1 N–H and O–H groups in total. The molecule has 0 saturated heterocycles. The maximum Gasteiger partial charge on any atom is 0.306 e. The molecule has 0 radical (unpaired) electrons.